The zero-order valence-electron chi connectivity index (χ0n) is 27.6. The van der Waals surface area contributed by atoms with Crippen LogP contribution < -0.4 is 10.2 Å². The van der Waals surface area contributed by atoms with Crippen molar-refractivity contribution in [3.63, 3.8) is 0 Å². The van der Waals surface area contributed by atoms with Crippen molar-refractivity contribution >= 4 is 63.1 Å². The first-order valence-electron chi connectivity index (χ1n) is 15.4. The number of benzene rings is 1. The lowest BCUT2D eigenvalue weighted by atomic mass is 9.91. The topological polar surface area (TPSA) is 198 Å². The van der Waals surface area contributed by atoms with Crippen molar-refractivity contribution in [2.75, 3.05) is 36.4 Å². The molecule has 1 saturated carbocycles. The standard InChI is InChI=1S/C24H27ClN8.3C2HF3O2/c1-15(31-24-21-23(28-13-27-21)29-14-30-24)18-12-19(25)17-6-3-7-26-20(17)22(18)33-10-8-32(9-11-33)16-4-2-5-16;3*3-2(4,5)1(6)7/h3,6-7,12-16H,2,4-5,8-11H2,1H3,(H2,27,28,29,30,31);3*(H,6,7). The van der Waals surface area contributed by atoms with E-state index in [-0.39, 0.29) is 6.04 Å². The minimum atomic E-state index is -5.08. The molecule has 24 heteroatoms. The first-order chi connectivity index (χ1) is 25.0. The number of imidazole rings is 1. The van der Waals surface area contributed by atoms with E-state index in [2.05, 4.69) is 54.1 Å². The Bertz CT molecular complexity index is 1860. The summed E-state index contributed by atoms with van der Waals surface area (Å²) in [6.07, 6.45) is -6.16. The van der Waals surface area contributed by atoms with E-state index in [1.54, 1.807) is 6.33 Å². The summed E-state index contributed by atoms with van der Waals surface area (Å²) in [5, 5.41) is 26.6. The van der Waals surface area contributed by atoms with Gasteiger partial charge in [-0.3, -0.25) is 9.88 Å². The van der Waals surface area contributed by atoms with Crippen LogP contribution in [-0.4, -0.2) is 114 Å². The van der Waals surface area contributed by atoms with Gasteiger partial charge in [-0.15, -0.1) is 0 Å². The molecule has 2 aliphatic rings. The molecule has 1 aliphatic carbocycles. The molecule has 0 bridgehead atoms. The fourth-order valence-electron chi connectivity index (χ4n) is 5.09. The van der Waals surface area contributed by atoms with Gasteiger partial charge in [-0.1, -0.05) is 18.0 Å². The van der Waals surface area contributed by atoms with Crippen molar-refractivity contribution in [2.45, 2.75) is 56.8 Å². The lowest BCUT2D eigenvalue weighted by molar-refractivity contribution is -0.193. The summed E-state index contributed by atoms with van der Waals surface area (Å²) in [7, 11) is 0. The van der Waals surface area contributed by atoms with Crippen molar-refractivity contribution in [3.05, 3.63) is 47.6 Å². The van der Waals surface area contributed by atoms with Gasteiger partial charge in [0.1, 0.15) is 11.8 Å². The van der Waals surface area contributed by atoms with E-state index in [9.17, 15) is 39.5 Å². The third-order valence-electron chi connectivity index (χ3n) is 7.84. The van der Waals surface area contributed by atoms with E-state index < -0.39 is 36.4 Å². The number of rotatable bonds is 5. The van der Waals surface area contributed by atoms with Crippen LogP contribution in [0, 0.1) is 0 Å². The summed E-state index contributed by atoms with van der Waals surface area (Å²) in [6.45, 7) is 6.29. The number of aromatic amines is 1. The molecule has 5 N–H and O–H groups in total. The Hall–Kier alpha value is -5.19. The highest BCUT2D eigenvalue weighted by Gasteiger charge is 2.39. The molecular formula is C30H30ClF9N8O6. The normalized spacial score (nSPS) is 15.7. The second-order valence-electron chi connectivity index (χ2n) is 11.4. The van der Waals surface area contributed by atoms with Gasteiger partial charge in [-0.2, -0.15) is 39.5 Å². The molecule has 296 valence electrons. The van der Waals surface area contributed by atoms with Gasteiger partial charge in [-0.25, -0.2) is 29.3 Å². The first-order valence-corrected chi connectivity index (χ1v) is 15.8. The van der Waals surface area contributed by atoms with Crippen LogP contribution in [0.4, 0.5) is 51.0 Å². The molecule has 14 nitrogen and oxygen atoms in total. The highest BCUT2D eigenvalue weighted by molar-refractivity contribution is 6.36. The van der Waals surface area contributed by atoms with E-state index >= 15 is 0 Å². The van der Waals surface area contributed by atoms with Gasteiger partial charge in [0.25, 0.3) is 0 Å². The molecule has 0 radical (unpaired) electrons. The van der Waals surface area contributed by atoms with Crippen molar-refractivity contribution < 1.29 is 69.2 Å². The Morgan fingerprint density at radius 3 is 1.89 bits per heavy atom. The number of aliphatic carboxylic acids is 3. The Morgan fingerprint density at radius 1 is 0.870 bits per heavy atom. The monoisotopic (exact) mass is 804 g/mol. The van der Waals surface area contributed by atoms with Crippen molar-refractivity contribution in [1.29, 1.82) is 0 Å². The number of carboxylic acids is 3. The summed E-state index contributed by atoms with van der Waals surface area (Å²) in [6, 6.07) is 6.82. The quantitative estimate of drug-likeness (QED) is 0.141. The molecule has 1 unspecified atom stereocenters. The summed E-state index contributed by atoms with van der Waals surface area (Å²) in [5.41, 5.74) is 4.68. The Labute approximate surface area is 303 Å². The van der Waals surface area contributed by atoms with E-state index in [0.29, 0.717) is 10.7 Å². The molecule has 0 amide bonds. The molecule has 1 atom stereocenters. The molecule has 1 aromatic carbocycles. The number of alkyl halides is 9. The average molecular weight is 805 g/mol. The Balaban J connectivity index is 0.000000307. The third-order valence-corrected chi connectivity index (χ3v) is 8.15. The highest BCUT2D eigenvalue weighted by atomic mass is 35.5. The van der Waals surface area contributed by atoms with Crippen LogP contribution in [0.1, 0.15) is 37.8 Å². The zero-order chi connectivity index (χ0) is 40.6. The largest absolute Gasteiger partial charge is 0.490 e. The van der Waals surface area contributed by atoms with Crippen LogP contribution >= 0.6 is 11.6 Å². The molecule has 1 aliphatic heterocycles. The lowest BCUT2D eigenvalue weighted by Crippen LogP contribution is -2.52. The number of pyridine rings is 1. The van der Waals surface area contributed by atoms with Gasteiger partial charge in [0.2, 0.25) is 0 Å². The number of carbonyl (C=O) groups is 3. The fourth-order valence-corrected chi connectivity index (χ4v) is 5.36. The number of nitrogens with zero attached hydrogens (tertiary/aromatic N) is 6. The number of halogens is 10. The number of nitrogens with one attached hydrogen (secondary N) is 2. The van der Waals surface area contributed by atoms with Crippen molar-refractivity contribution in [2.24, 2.45) is 0 Å². The number of aromatic nitrogens is 5. The Morgan fingerprint density at radius 2 is 1.41 bits per heavy atom. The predicted molar refractivity (Wildman–Crippen MR) is 173 cm³/mol. The summed E-state index contributed by atoms with van der Waals surface area (Å²) < 4.78 is 95.2. The van der Waals surface area contributed by atoms with Crippen molar-refractivity contribution in [1.82, 2.24) is 29.8 Å². The first kappa shape index (κ1) is 43.2. The van der Waals surface area contributed by atoms with E-state index in [1.165, 1.54) is 25.6 Å². The molecule has 6 rings (SSSR count). The van der Waals surface area contributed by atoms with Crippen molar-refractivity contribution in [3.8, 4) is 0 Å². The molecule has 2 fully saturated rings. The Kier molecular flexibility index (Phi) is 14.2. The maximum absolute atomic E-state index is 10.6. The summed E-state index contributed by atoms with van der Waals surface area (Å²) in [5.74, 6) is -7.55. The average Bonchev–Trinajstić information content (AvgIpc) is 3.54. The molecule has 0 spiro atoms. The number of anilines is 2. The number of hydrogen-bond acceptors (Lipinski definition) is 10. The third kappa shape index (κ3) is 11.7. The highest BCUT2D eigenvalue weighted by Crippen LogP contribution is 2.39. The second kappa shape index (κ2) is 17.8. The predicted octanol–water partition coefficient (Wildman–Crippen LogP) is 6.30. The second-order valence-corrected chi connectivity index (χ2v) is 11.8. The summed E-state index contributed by atoms with van der Waals surface area (Å²) >= 11 is 6.75. The van der Waals surface area contributed by atoms with Crippen LogP contribution in [0.25, 0.3) is 22.1 Å². The number of carboxylic acid groups (broad SMARTS) is 3. The van der Waals surface area contributed by atoms with Crippen LogP contribution in [0.2, 0.25) is 5.02 Å². The number of fused-ring (bicyclic) bond motifs is 2. The van der Waals surface area contributed by atoms with E-state index in [4.69, 9.17) is 46.3 Å². The lowest BCUT2D eigenvalue weighted by Gasteiger charge is -2.44. The molecule has 54 heavy (non-hydrogen) atoms. The van der Waals surface area contributed by atoms with Gasteiger partial charge in [-0.05, 0) is 38.0 Å². The molecule has 1 saturated heterocycles. The zero-order valence-corrected chi connectivity index (χ0v) is 28.4. The van der Waals surface area contributed by atoms with Gasteiger partial charge >= 0.3 is 36.4 Å². The maximum atomic E-state index is 10.6. The number of hydrogen-bond donors (Lipinski definition) is 5. The van der Waals surface area contributed by atoms with Crippen LogP contribution in [0.3, 0.4) is 0 Å². The van der Waals surface area contributed by atoms with Crippen LogP contribution in [0.15, 0.2) is 37.1 Å². The van der Waals surface area contributed by atoms with Crippen LogP contribution in [-0.2, 0) is 14.4 Å². The van der Waals surface area contributed by atoms with Gasteiger partial charge in [0.05, 0.1) is 28.6 Å². The SMILES string of the molecule is CC(Nc1ncnc2nc[nH]c12)c1cc(Cl)c2cccnc2c1N1CCN(C2CCC2)CC1.O=C(O)C(F)(F)F.O=C(O)C(F)(F)F.O=C(O)C(F)(F)F. The minimum Gasteiger partial charge on any atom is -0.475 e. The van der Waals surface area contributed by atoms with E-state index in [1.807, 2.05) is 12.3 Å². The van der Waals surface area contributed by atoms with Gasteiger partial charge in [0, 0.05) is 49.4 Å². The number of piperazine rings is 1. The van der Waals surface area contributed by atoms with E-state index in [0.717, 1.165) is 65.7 Å². The van der Waals surface area contributed by atoms with Gasteiger partial charge < -0.3 is 30.5 Å². The number of H-pyrrole nitrogens is 1. The van der Waals surface area contributed by atoms with Crippen LogP contribution in [0.5, 0.6) is 0 Å². The smallest absolute Gasteiger partial charge is 0.475 e. The maximum Gasteiger partial charge on any atom is 0.490 e. The minimum absolute atomic E-state index is 0.0463. The molecule has 4 heterocycles. The molecule has 3 aromatic heterocycles. The van der Waals surface area contributed by atoms with Gasteiger partial charge in [0.15, 0.2) is 11.5 Å². The summed E-state index contributed by atoms with van der Waals surface area (Å²) in [4.78, 5) is 52.7. The fraction of sp³-hybridized carbons (Fsp3) is 0.433. The molecular weight excluding hydrogens is 775 g/mol. The molecule has 4 aromatic rings.